The van der Waals surface area contributed by atoms with Gasteiger partial charge in [0, 0.05) is 0 Å². The lowest BCUT2D eigenvalue weighted by molar-refractivity contribution is 0.112. The van der Waals surface area contributed by atoms with Crippen molar-refractivity contribution < 1.29 is 4.79 Å². The van der Waals surface area contributed by atoms with Crippen LogP contribution < -0.4 is 0 Å². The minimum atomic E-state index is 0.862. The van der Waals surface area contributed by atoms with Crippen molar-refractivity contribution in [1.82, 2.24) is 0 Å². The largest absolute Gasteiger partial charge is 0.297 e. The zero-order valence-corrected chi connectivity index (χ0v) is 7.06. The first-order chi connectivity index (χ1) is 5.38. The molecule has 0 atom stereocenters. The highest BCUT2D eigenvalue weighted by atomic mass is 32.1. The topological polar surface area (TPSA) is 17.1 Å². The lowest BCUT2D eigenvalue weighted by Gasteiger charge is -1.89. The van der Waals surface area contributed by atoms with Crippen LogP contribution in [0.15, 0.2) is 11.4 Å². The minimum Gasteiger partial charge on any atom is -0.297 e. The van der Waals surface area contributed by atoms with Gasteiger partial charge in [0.1, 0.15) is 0 Å². The Morgan fingerprint density at radius 3 is 3.00 bits per heavy atom. The molecular formula is C9H10OS. The molecule has 0 N–H and O–H groups in total. The van der Waals surface area contributed by atoms with Gasteiger partial charge in [-0.25, -0.2) is 0 Å². The molecule has 2 heteroatoms. The number of rotatable bonds is 3. The summed E-state index contributed by atoms with van der Waals surface area (Å²) in [6.07, 6.45) is 4.88. The Morgan fingerprint density at radius 1 is 1.64 bits per heavy atom. The van der Waals surface area contributed by atoms with Crippen molar-refractivity contribution in [2.75, 3.05) is 0 Å². The zero-order valence-electron chi connectivity index (χ0n) is 6.25. The van der Waals surface area contributed by atoms with Gasteiger partial charge in [0.25, 0.3) is 0 Å². The molecule has 0 saturated heterocycles. The maximum atomic E-state index is 10.3. The van der Waals surface area contributed by atoms with Crippen LogP contribution in [0.2, 0.25) is 0 Å². The molecule has 0 bridgehead atoms. The van der Waals surface area contributed by atoms with E-state index in [2.05, 4.69) is 5.38 Å². The summed E-state index contributed by atoms with van der Waals surface area (Å²) >= 11 is 1.55. The highest BCUT2D eigenvalue weighted by Gasteiger charge is 2.21. The third-order valence-corrected chi connectivity index (χ3v) is 2.92. The maximum Gasteiger partial charge on any atom is 0.160 e. The Bertz CT molecular complexity index is 260. The Labute approximate surface area is 70.1 Å². The summed E-state index contributed by atoms with van der Waals surface area (Å²) < 4.78 is 0. The standard InChI is InChI=1S/C9H10OS/c10-5-9-4-8(6-11-9)3-7-1-2-7/h4-7H,1-3H2. The summed E-state index contributed by atoms with van der Waals surface area (Å²) in [6, 6.07) is 2.01. The van der Waals surface area contributed by atoms with E-state index >= 15 is 0 Å². The molecule has 0 aliphatic heterocycles. The number of thiophene rings is 1. The fourth-order valence-corrected chi connectivity index (χ4v) is 1.95. The van der Waals surface area contributed by atoms with E-state index in [0.29, 0.717) is 0 Å². The van der Waals surface area contributed by atoms with E-state index in [9.17, 15) is 4.79 Å². The molecule has 0 aromatic carbocycles. The molecule has 58 valence electrons. The second-order valence-corrected chi connectivity index (χ2v) is 4.07. The summed E-state index contributed by atoms with van der Waals surface area (Å²) in [6.45, 7) is 0. The Balaban J connectivity index is 2.05. The second-order valence-electron chi connectivity index (χ2n) is 3.12. The zero-order chi connectivity index (χ0) is 7.68. The first-order valence-electron chi connectivity index (χ1n) is 3.91. The van der Waals surface area contributed by atoms with Crippen molar-refractivity contribution in [2.24, 2.45) is 5.92 Å². The second kappa shape index (κ2) is 2.78. The third kappa shape index (κ3) is 1.69. The van der Waals surface area contributed by atoms with Gasteiger partial charge in [-0.15, -0.1) is 11.3 Å². The van der Waals surface area contributed by atoms with Gasteiger partial charge in [-0.05, 0) is 42.2 Å². The molecule has 0 unspecified atom stereocenters. The van der Waals surface area contributed by atoms with E-state index in [0.717, 1.165) is 17.1 Å². The van der Waals surface area contributed by atoms with Crippen LogP contribution in [0.25, 0.3) is 0 Å². The first-order valence-corrected chi connectivity index (χ1v) is 4.79. The SMILES string of the molecule is O=Cc1cc(CC2CC2)cs1. The van der Waals surface area contributed by atoms with Gasteiger partial charge in [0.05, 0.1) is 4.88 Å². The van der Waals surface area contributed by atoms with Crippen LogP contribution in [0.5, 0.6) is 0 Å². The van der Waals surface area contributed by atoms with Crippen molar-refractivity contribution in [3.8, 4) is 0 Å². The average Bonchev–Trinajstić information content (AvgIpc) is 2.68. The number of hydrogen-bond acceptors (Lipinski definition) is 2. The Hall–Kier alpha value is -0.630. The fourth-order valence-electron chi connectivity index (χ4n) is 1.22. The van der Waals surface area contributed by atoms with Gasteiger partial charge in [0.2, 0.25) is 0 Å². The predicted octanol–water partition coefficient (Wildman–Crippen LogP) is 2.51. The molecule has 1 nitrogen and oxygen atoms in total. The third-order valence-electron chi connectivity index (χ3n) is 2.01. The summed E-state index contributed by atoms with van der Waals surface area (Å²) in [5.74, 6) is 0.920. The van der Waals surface area contributed by atoms with Gasteiger partial charge in [-0.3, -0.25) is 4.79 Å². The molecule has 1 aliphatic rings. The van der Waals surface area contributed by atoms with Crippen LogP contribution in [0, 0.1) is 5.92 Å². The van der Waals surface area contributed by atoms with Gasteiger partial charge >= 0.3 is 0 Å². The summed E-state index contributed by atoms with van der Waals surface area (Å²) in [7, 11) is 0. The van der Waals surface area contributed by atoms with E-state index in [-0.39, 0.29) is 0 Å². The highest BCUT2D eigenvalue weighted by molar-refractivity contribution is 7.11. The van der Waals surface area contributed by atoms with Crippen molar-refractivity contribution in [1.29, 1.82) is 0 Å². The quantitative estimate of drug-likeness (QED) is 0.630. The molecule has 2 rings (SSSR count). The maximum absolute atomic E-state index is 10.3. The predicted molar refractivity (Wildman–Crippen MR) is 46.1 cm³/mol. The van der Waals surface area contributed by atoms with Crippen LogP contribution in [0.3, 0.4) is 0 Å². The summed E-state index contributed by atoms with van der Waals surface area (Å²) in [4.78, 5) is 11.2. The molecule has 1 fully saturated rings. The van der Waals surface area contributed by atoms with E-state index in [1.807, 2.05) is 6.07 Å². The van der Waals surface area contributed by atoms with Crippen LogP contribution in [0.1, 0.15) is 28.1 Å². The number of carbonyl (C=O) groups is 1. The lowest BCUT2D eigenvalue weighted by Crippen LogP contribution is -1.81. The van der Waals surface area contributed by atoms with Crippen molar-refractivity contribution in [3.05, 3.63) is 21.9 Å². The van der Waals surface area contributed by atoms with Crippen LogP contribution >= 0.6 is 11.3 Å². The molecule has 0 spiro atoms. The number of hydrogen-bond donors (Lipinski definition) is 0. The monoisotopic (exact) mass is 166 g/mol. The molecule has 0 amide bonds. The van der Waals surface area contributed by atoms with Crippen molar-refractivity contribution in [2.45, 2.75) is 19.3 Å². The normalized spacial score (nSPS) is 16.7. The lowest BCUT2D eigenvalue weighted by atomic mass is 10.2. The van der Waals surface area contributed by atoms with E-state index in [4.69, 9.17) is 0 Å². The van der Waals surface area contributed by atoms with Crippen LogP contribution in [-0.2, 0) is 6.42 Å². The first kappa shape index (κ1) is 7.04. The van der Waals surface area contributed by atoms with E-state index in [1.165, 1.54) is 24.8 Å². The number of aldehydes is 1. The molecule has 1 heterocycles. The van der Waals surface area contributed by atoms with Gasteiger partial charge in [0.15, 0.2) is 6.29 Å². The summed E-state index contributed by atoms with van der Waals surface area (Å²) in [5, 5.41) is 2.10. The number of carbonyl (C=O) groups excluding carboxylic acids is 1. The highest BCUT2D eigenvalue weighted by Crippen LogP contribution is 2.33. The van der Waals surface area contributed by atoms with E-state index in [1.54, 1.807) is 11.3 Å². The molecule has 1 aliphatic carbocycles. The van der Waals surface area contributed by atoms with Crippen molar-refractivity contribution >= 4 is 17.6 Å². The van der Waals surface area contributed by atoms with Gasteiger partial charge < -0.3 is 0 Å². The van der Waals surface area contributed by atoms with Crippen LogP contribution in [0.4, 0.5) is 0 Å². The van der Waals surface area contributed by atoms with Crippen molar-refractivity contribution in [3.63, 3.8) is 0 Å². The fraction of sp³-hybridized carbons (Fsp3) is 0.444. The molecular weight excluding hydrogens is 156 g/mol. The molecule has 1 aromatic rings. The molecule has 1 saturated carbocycles. The molecule has 1 aromatic heterocycles. The smallest absolute Gasteiger partial charge is 0.160 e. The van der Waals surface area contributed by atoms with Gasteiger partial charge in [-0.2, -0.15) is 0 Å². The van der Waals surface area contributed by atoms with E-state index < -0.39 is 0 Å². The summed E-state index contributed by atoms with van der Waals surface area (Å²) in [5.41, 5.74) is 1.35. The minimum absolute atomic E-state index is 0.862. The van der Waals surface area contributed by atoms with Crippen LogP contribution in [-0.4, -0.2) is 6.29 Å². The molecule has 11 heavy (non-hydrogen) atoms. The van der Waals surface area contributed by atoms with Gasteiger partial charge in [-0.1, -0.05) is 0 Å². The Morgan fingerprint density at radius 2 is 2.45 bits per heavy atom. The Kier molecular flexibility index (Phi) is 1.78. The average molecular weight is 166 g/mol. The molecule has 0 radical (unpaired) electrons.